The Kier molecular flexibility index (Phi) is 5.21. The van der Waals surface area contributed by atoms with Crippen LogP contribution in [0.25, 0.3) is 0 Å². The third-order valence-electron chi connectivity index (χ3n) is 2.70. The number of aromatic nitrogens is 2. The number of sulfonamides is 1. The van der Waals surface area contributed by atoms with Gasteiger partial charge in [-0.05, 0) is 19.4 Å². The van der Waals surface area contributed by atoms with Crippen molar-refractivity contribution in [1.29, 1.82) is 0 Å². The molecule has 1 atom stereocenters. The van der Waals surface area contributed by atoms with Crippen LogP contribution < -0.4 is 4.72 Å². The zero-order valence-corrected chi connectivity index (χ0v) is 14.4. The van der Waals surface area contributed by atoms with E-state index in [1.807, 2.05) is 6.92 Å². The van der Waals surface area contributed by atoms with E-state index in [0.29, 0.717) is 5.01 Å². The van der Waals surface area contributed by atoms with Gasteiger partial charge in [-0.15, -0.1) is 11.3 Å². The van der Waals surface area contributed by atoms with Crippen LogP contribution in [0.5, 0.6) is 0 Å². The summed E-state index contributed by atoms with van der Waals surface area (Å²) in [5.74, 6) is 0. The lowest BCUT2D eigenvalue weighted by molar-refractivity contribution is 0.566. The summed E-state index contributed by atoms with van der Waals surface area (Å²) in [4.78, 5) is 9.04. The summed E-state index contributed by atoms with van der Waals surface area (Å²) in [6.07, 6.45) is 3.79. The zero-order chi connectivity index (χ0) is 15.6. The van der Waals surface area contributed by atoms with Gasteiger partial charge in [0, 0.05) is 17.3 Å². The first-order valence-electron chi connectivity index (χ1n) is 6.11. The van der Waals surface area contributed by atoms with E-state index in [2.05, 4.69) is 14.7 Å². The Morgan fingerprint density at radius 3 is 2.62 bits per heavy atom. The van der Waals surface area contributed by atoms with Gasteiger partial charge in [-0.2, -0.15) is 0 Å². The predicted molar refractivity (Wildman–Crippen MR) is 84.5 cm³/mol. The van der Waals surface area contributed by atoms with E-state index in [1.54, 1.807) is 13.1 Å². The molecule has 0 fully saturated rings. The highest BCUT2D eigenvalue weighted by atomic mass is 35.5. The van der Waals surface area contributed by atoms with Crippen molar-refractivity contribution in [3.05, 3.63) is 38.5 Å². The average Bonchev–Trinajstić information content (AvgIpc) is 2.90. The molecular formula is C12H13Cl2N3O2S2. The van der Waals surface area contributed by atoms with Crippen molar-refractivity contribution in [1.82, 2.24) is 14.7 Å². The molecule has 9 heteroatoms. The number of hydrogen-bond donors (Lipinski definition) is 1. The van der Waals surface area contributed by atoms with Crippen molar-refractivity contribution < 1.29 is 8.42 Å². The summed E-state index contributed by atoms with van der Waals surface area (Å²) in [6, 6.07) is 0.834. The SMILES string of the molecule is CCc1cnc(C(C)NS(=O)(=O)c2cnc(Cl)c(Cl)c2)s1. The lowest BCUT2D eigenvalue weighted by Gasteiger charge is -2.12. The first-order chi connectivity index (χ1) is 9.83. The molecule has 114 valence electrons. The second-order valence-electron chi connectivity index (χ2n) is 4.30. The number of thiazole rings is 1. The summed E-state index contributed by atoms with van der Waals surface area (Å²) >= 11 is 13.0. The van der Waals surface area contributed by atoms with Gasteiger partial charge in [0.2, 0.25) is 10.0 Å². The molecule has 2 aromatic heterocycles. The largest absolute Gasteiger partial charge is 0.248 e. The van der Waals surface area contributed by atoms with Gasteiger partial charge in [0.1, 0.15) is 15.1 Å². The topological polar surface area (TPSA) is 72.0 Å². The van der Waals surface area contributed by atoms with E-state index in [9.17, 15) is 8.42 Å². The Bertz CT molecular complexity index is 747. The van der Waals surface area contributed by atoms with Crippen LogP contribution in [0.1, 0.15) is 29.8 Å². The summed E-state index contributed by atoms with van der Waals surface area (Å²) in [7, 11) is -3.73. The van der Waals surface area contributed by atoms with Crippen LogP contribution in [0, 0.1) is 0 Å². The van der Waals surface area contributed by atoms with Crippen LogP contribution >= 0.6 is 34.5 Å². The van der Waals surface area contributed by atoms with Gasteiger partial charge in [0.25, 0.3) is 0 Å². The van der Waals surface area contributed by atoms with Crippen molar-refractivity contribution in [2.75, 3.05) is 0 Å². The van der Waals surface area contributed by atoms with Gasteiger partial charge in [-0.25, -0.2) is 23.1 Å². The summed E-state index contributed by atoms with van der Waals surface area (Å²) in [5.41, 5.74) is 0. The molecule has 0 spiro atoms. The lowest BCUT2D eigenvalue weighted by atomic mass is 10.4. The minimum absolute atomic E-state index is 0.0315. The van der Waals surface area contributed by atoms with E-state index in [-0.39, 0.29) is 15.1 Å². The molecule has 0 amide bonds. The Morgan fingerprint density at radius 1 is 1.33 bits per heavy atom. The second-order valence-corrected chi connectivity index (χ2v) is 7.93. The first-order valence-corrected chi connectivity index (χ1v) is 9.17. The van der Waals surface area contributed by atoms with E-state index in [4.69, 9.17) is 23.2 Å². The molecule has 2 heterocycles. The minimum Gasteiger partial charge on any atom is -0.248 e. The molecule has 0 saturated carbocycles. The maximum atomic E-state index is 12.3. The highest BCUT2D eigenvalue weighted by molar-refractivity contribution is 7.89. The third-order valence-corrected chi connectivity index (χ3v) is 6.22. The molecular weight excluding hydrogens is 353 g/mol. The maximum Gasteiger partial charge on any atom is 0.242 e. The molecule has 0 saturated heterocycles. The molecule has 21 heavy (non-hydrogen) atoms. The molecule has 0 bridgehead atoms. The van der Waals surface area contributed by atoms with E-state index in [0.717, 1.165) is 11.3 Å². The summed E-state index contributed by atoms with van der Waals surface area (Å²) in [6.45, 7) is 3.76. The van der Waals surface area contributed by atoms with Crippen LogP contribution in [0.3, 0.4) is 0 Å². The van der Waals surface area contributed by atoms with Gasteiger partial charge >= 0.3 is 0 Å². The van der Waals surface area contributed by atoms with Gasteiger partial charge in [-0.3, -0.25) is 0 Å². The number of nitrogens with zero attached hydrogens (tertiary/aromatic N) is 2. The molecule has 0 radical (unpaired) electrons. The van der Waals surface area contributed by atoms with Crippen LogP contribution in [0.2, 0.25) is 10.2 Å². The fourth-order valence-electron chi connectivity index (χ4n) is 1.59. The molecule has 0 aliphatic carbocycles. The minimum atomic E-state index is -3.73. The average molecular weight is 366 g/mol. The fourth-order valence-corrected chi connectivity index (χ4v) is 4.03. The second kappa shape index (κ2) is 6.58. The van der Waals surface area contributed by atoms with E-state index in [1.165, 1.54) is 23.6 Å². The Morgan fingerprint density at radius 2 is 2.05 bits per heavy atom. The van der Waals surface area contributed by atoms with Crippen molar-refractivity contribution in [2.24, 2.45) is 0 Å². The summed E-state index contributed by atoms with van der Waals surface area (Å²) in [5, 5.41) is 0.870. The Labute approximate surface area is 137 Å². The summed E-state index contributed by atoms with van der Waals surface area (Å²) < 4.78 is 27.1. The van der Waals surface area contributed by atoms with Crippen molar-refractivity contribution in [3.63, 3.8) is 0 Å². The molecule has 0 aliphatic heterocycles. The van der Waals surface area contributed by atoms with Gasteiger partial charge in [0.05, 0.1) is 11.1 Å². The molecule has 5 nitrogen and oxygen atoms in total. The van der Waals surface area contributed by atoms with E-state index >= 15 is 0 Å². The molecule has 2 aromatic rings. The predicted octanol–water partition coefficient (Wildman–Crippen LogP) is 3.45. The number of nitrogens with one attached hydrogen (secondary N) is 1. The smallest absolute Gasteiger partial charge is 0.242 e. The van der Waals surface area contributed by atoms with Gasteiger partial charge < -0.3 is 0 Å². The molecule has 0 aromatic carbocycles. The fraction of sp³-hybridized carbons (Fsp3) is 0.333. The zero-order valence-electron chi connectivity index (χ0n) is 11.3. The van der Waals surface area contributed by atoms with Gasteiger partial charge in [-0.1, -0.05) is 30.1 Å². The van der Waals surface area contributed by atoms with Crippen LogP contribution in [0.4, 0.5) is 0 Å². The Balaban J connectivity index is 2.22. The highest BCUT2D eigenvalue weighted by Crippen LogP contribution is 2.25. The highest BCUT2D eigenvalue weighted by Gasteiger charge is 2.21. The third kappa shape index (κ3) is 3.92. The van der Waals surface area contributed by atoms with Crippen LogP contribution in [0.15, 0.2) is 23.4 Å². The van der Waals surface area contributed by atoms with Crippen LogP contribution in [-0.2, 0) is 16.4 Å². The van der Waals surface area contributed by atoms with E-state index < -0.39 is 16.1 Å². The maximum absolute atomic E-state index is 12.3. The quantitative estimate of drug-likeness (QED) is 0.823. The molecule has 2 rings (SSSR count). The number of rotatable bonds is 5. The molecule has 1 unspecified atom stereocenters. The first kappa shape index (κ1) is 16.6. The number of pyridine rings is 1. The van der Waals surface area contributed by atoms with Gasteiger partial charge in [0.15, 0.2) is 0 Å². The molecule has 1 N–H and O–H groups in total. The van der Waals surface area contributed by atoms with Crippen molar-refractivity contribution in [3.8, 4) is 0 Å². The Hall–Kier alpha value is -0.730. The van der Waals surface area contributed by atoms with Crippen molar-refractivity contribution in [2.45, 2.75) is 31.2 Å². The number of aryl methyl sites for hydroxylation is 1. The number of halogens is 2. The van der Waals surface area contributed by atoms with Crippen LogP contribution in [-0.4, -0.2) is 18.4 Å². The molecule has 0 aliphatic rings. The van der Waals surface area contributed by atoms with Crippen molar-refractivity contribution >= 4 is 44.6 Å². The normalized spacial score (nSPS) is 13.3. The lowest BCUT2D eigenvalue weighted by Crippen LogP contribution is -2.27. The standard InChI is InChI=1S/C12H13Cl2N3O2S2/c1-3-8-5-16-12(20-8)7(2)17-21(18,19)9-4-10(13)11(14)15-6-9/h4-7,17H,3H2,1-2H3. The number of hydrogen-bond acceptors (Lipinski definition) is 5. The monoisotopic (exact) mass is 365 g/mol.